The molecule has 0 spiro atoms. The molecule has 0 unspecified atom stereocenters. The normalized spacial score (nSPS) is 12.5. The molecule has 0 saturated carbocycles. The van der Waals surface area contributed by atoms with Crippen molar-refractivity contribution in [2.45, 2.75) is 13.0 Å². The van der Waals surface area contributed by atoms with Crippen LogP contribution in [0.3, 0.4) is 0 Å². The minimum atomic E-state index is -0.0237. The Morgan fingerprint density at radius 3 is 2.26 bits per heavy atom. The SMILES string of the molecule is O=C(COc1ccc(OCc2ccccc2)cc1)N1CCc2ccccc21. The summed E-state index contributed by atoms with van der Waals surface area (Å²) in [5, 5.41) is 0. The number of anilines is 1. The van der Waals surface area contributed by atoms with Crippen LogP contribution in [0.2, 0.25) is 0 Å². The van der Waals surface area contributed by atoms with Gasteiger partial charge in [0.15, 0.2) is 6.61 Å². The number of ether oxygens (including phenoxy) is 2. The molecule has 0 aliphatic carbocycles. The van der Waals surface area contributed by atoms with Gasteiger partial charge in [-0.1, -0.05) is 48.5 Å². The van der Waals surface area contributed by atoms with Crippen LogP contribution in [0.15, 0.2) is 78.9 Å². The van der Waals surface area contributed by atoms with Crippen molar-refractivity contribution in [3.63, 3.8) is 0 Å². The minimum Gasteiger partial charge on any atom is -0.489 e. The highest BCUT2D eigenvalue weighted by Crippen LogP contribution is 2.27. The topological polar surface area (TPSA) is 38.8 Å². The fourth-order valence-corrected chi connectivity index (χ4v) is 3.19. The van der Waals surface area contributed by atoms with Crippen molar-refractivity contribution in [1.29, 1.82) is 0 Å². The predicted octanol–water partition coefficient (Wildman–Crippen LogP) is 4.23. The first kappa shape index (κ1) is 17.2. The molecule has 1 amide bonds. The highest BCUT2D eigenvalue weighted by atomic mass is 16.5. The maximum absolute atomic E-state index is 12.5. The number of rotatable bonds is 6. The summed E-state index contributed by atoms with van der Waals surface area (Å²) >= 11 is 0. The standard InChI is InChI=1S/C23H21NO3/c25-23(24-15-14-19-8-4-5-9-22(19)24)17-27-21-12-10-20(11-13-21)26-16-18-6-2-1-3-7-18/h1-13H,14-17H2. The van der Waals surface area contributed by atoms with Gasteiger partial charge >= 0.3 is 0 Å². The quantitative estimate of drug-likeness (QED) is 0.661. The van der Waals surface area contributed by atoms with Gasteiger partial charge in [-0.25, -0.2) is 0 Å². The van der Waals surface area contributed by atoms with Crippen LogP contribution >= 0.6 is 0 Å². The number of fused-ring (bicyclic) bond motifs is 1. The zero-order valence-electron chi connectivity index (χ0n) is 15.0. The van der Waals surface area contributed by atoms with E-state index < -0.39 is 0 Å². The summed E-state index contributed by atoms with van der Waals surface area (Å²) in [7, 11) is 0. The zero-order chi connectivity index (χ0) is 18.5. The van der Waals surface area contributed by atoms with Crippen molar-refractivity contribution in [3.05, 3.63) is 90.0 Å². The maximum Gasteiger partial charge on any atom is 0.264 e. The first-order valence-electron chi connectivity index (χ1n) is 9.07. The average Bonchev–Trinajstić information content (AvgIpc) is 3.16. The lowest BCUT2D eigenvalue weighted by Gasteiger charge is -2.17. The van der Waals surface area contributed by atoms with Crippen molar-refractivity contribution in [1.82, 2.24) is 0 Å². The Morgan fingerprint density at radius 2 is 1.48 bits per heavy atom. The van der Waals surface area contributed by atoms with Crippen LogP contribution < -0.4 is 14.4 Å². The molecule has 1 aliphatic rings. The van der Waals surface area contributed by atoms with E-state index in [2.05, 4.69) is 6.07 Å². The summed E-state index contributed by atoms with van der Waals surface area (Å²) in [4.78, 5) is 14.3. The van der Waals surface area contributed by atoms with Gasteiger partial charge in [-0.2, -0.15) is 0 Å². The number of carbonyl (C=O) groups is 1. The molecule has 4 heteroatoms. The van der Waals surface area contributed by atoms with E-state index in [4.69, 9.17) is 9.47 Å². The fraction of sp³-hybridized carbons (Fsp3) is 0.174. The molecule has 0 N–H and O–H groups in total. The number of hydrogen-bond acceptors (Lipinski definition) is 3. The Hall–Kier alpha value is -3.27. The molecule has 4 rings (SSSR count). The maximum atomic E-state index is 12.5. The average molecular weight is 359 g/mol. The molecule has 1 heterocycles. The summed E-state index contributed by atoms with van der Waals surface area (Å²) < 4.78 is 11.4. The number of nitrogens with zero attached hydrogens (tertiary/aromatic N) is 1. The minimum absolute atomic E-state index is 0.0237. The van der Waals surface area contributed by atoms with Crippen LogP contribution in [-0.4, -0.2) is 19.1 Å². The molecule has 136 valence electrons. The molecule has 0 bridgehead atoms. The fourth-order valence-electron chi connectivity index (χ4n) is 3.19. The van der Waals surface area contributed by atoms with Crippen molar-refractivity contribution < 1.29 is 14.3 Å². The molecule has 27 heavy (non-hydrogen) atoms. The number of benzene rings is 3. The molecule has 0 atom stereocenters. The van der Waals surface area contributed by atoms with E-state index in [0.717, 1.165) is 23.4 Å². The van der Waals surface area contributed by atoms with Gasteiger partial charge in [-0.3, -0.25) is 4.79 Å². The van der Waals surface area contributed by atoms with Gasteiger partial charge < -0.3 is 14.4 Å². The largest absolute Gasteiger partial charge is 0.489 e. The second-order valence-corrected chi connectivity index (χ2v) is 6.46. The van der Waals surface area contributed by atoms with E-state index in [1.165, 1.54) is 5.56 Å². The molecule has 3 aromatic carbocycles. The Balaban J connectivity index is 1.29. The van der Waals surface area contributed by atoms with E-state index in [0.29, 0.717) is 18.9 Å². The molecule has 0 aromatic heterocycles. The lowest BCUT2D eigenvalue weighted by atomic mass is 10.2. The summed E-state index contributed by atoms with van der Waals surface area (Å²) in [6.07, 6.45) is 0.898. The monoisotopic (exact) mass is 359 g/mol. The highest BCUT2D eigenvalue weighted by molar-refractivity contribution is 5.96. The van der Waals surface area contributed by atoms with Crippen molar-refractivity contribution in [2.75, 3.05) is 18.1 Å². The first-order chi connectivity index (χ1) is 13.3. The van der Waals surface area contributed by atoms with Gasteiger partial charge in [0, 0.05) is 12.2 Å². The van der Waals surface area contributed by atoms with Gasteiger partial charge in [0.25, 0.3) is 5.91 Å². The van der Waals surface area contributed by atoms with E-state index >= 15 is 0 Å². The third-order valence-electron chi connectivity index (χ3n) is 4.62. The van der Waals surface area contributed by atoms with Gasteiger partial charge in [-0.05, 0) is 47.9 Å². The molecule has 1 aliphatic heterocycles. The van der Waals surface area contributed by atoms with Crippen LogP contribution in [0.5, 0.6) is 11.5 Å². The second kappa shape index (κ2) is 7.96. The number of carbonyl (C=O) groups excluding carboxylic acids is 1. The third kappa shape index (κ3) is 4.11. The predicted molar refractivity (Wildman–Crippen MR) is 105 cm³/mol. The van der Waals surface area contributed by atoms with Crippen LogP contribution in [0, 0.1) is 0 Å². The molecular formula is C23H21NO3. The number of hydrogen-bond donors (Lipinski definition) is 0. The van der Waals surface area contributed by atoms with Crippen LogP contribution in [-0.2, 0) is 17.8 Å². The molecule has 4 nitrogen and oxygen atoms in total. The van der Waals surface area contributed by atoms with E-state index in [1.807, 2.05) is 72.8 Å². The van der Waals surface area contributed by atoms with Crippen molar-refractivity contribution in [3.8, 4) is 11.5 Å². The van der Waals surface area contributed by atoms with Crippen LogP contribution in [0.4, 0.5) is 5.69 Å². The van der Waals surface area contributed by atoms with E-state index in [-0.39, 0.29) is 12.5 Å². The Bertz CT molecular complexity index is 906. The second-order valence-electron chi connectivity index (χ2n) is 6.46. The highest BCUT2D eigenvalue weighted by Gasteiger charge is 2.24. The van der Waals surface area contributed by atoms with E-state index in [9.17, 15) is 4.79 Å². The lowest BCUT2D eigenvalue weighted by molar-refractivity contribution is -0.120. The van der Waals surface area contributed by atoms with Crippen molar-refractivity contribution >= 4 is 11.6 Å². The molecule has 3 aromatic rings. The Morgan fingerprint density at radius 1 is 0.815 bits per heavy atom. The number of para-hydroxylation sites is 1. The molecule has 0 fully saturated rings. The van der Waals surface area contributed by atoms with E-state index in [1.54, 1.807) is 4.90 Å². The van der Waals surface area contributed by atoms with Gasteiger partial charge in [0.1, 0.15) is 18.1 Å². The lowest BCUT2D eigenvalue weighted by Crippen LogP contribution is -2.33. The first-order valence-corrected chi connectivity index (χ1v) is 9.07. The molecular weight excluding hydrogens is 338 g/mol. The Kier molecular flexibility index (Phi) is 5.06. The van der Waals surface area contributed by atoms with Crippen LogP contribution in [0.1, 0.15) is 11.1 Å². The smallest absolute Gasteiger partial charge is 0.264 e. The van der Waals surface area contributed by atoms with Crippen molar-refractivity contribution in [2.24, 2.45) is 0 Å². The van der Waals surface area contributed by atoms with Gasteiger partial charge in [0.2, 0.25) is 0 Å². The summed E-state index contributed by atoms with van der Waals surface area (Å²) in [5.74, 6) is 1.40. The summed E-state index contributed by atoms with van der Waals surface area (Å²) in [6, 6.07) is 25.4. The summed E-state index contributed by atoms with van der Waals surface area (Å²) in [5.41, 5.74) is 3.33. The van der Waals surface area contributed by atoms with Gasteiger partial charge in [-0.15, -0.1) is 0 Å². The Labute approximate surface area is 159 Å². The third-order valence-corrected chi connectivity index (χ3v) is 4.62. The van der Waals surface area contributed by atoms with Crippen LogP contribution in [0.25, 0.3) is 0 Å². The molecule has 0 radical (unpaired) electrons. The zero-order valence-corrected chi connectivity index (χ0v) is 15.0. The summed E-state index contributed by atoms with van der Waals surface area (Å²) in [6.45, 7) is 1.26. The molecule has 0 saturated heterocycles. The number of amides is 1. The van der Waals surface area contributed by atoms with Gasteiger partial charge in [0.05, 0.1) is 0 Å².